The molecule has 2 heterocycles. The maximum Gasteiger partial charge on any atom is 0.416 e. The van der Waals surface area contributed by atoms with Crippen LogP contribution in [0.1, 0.15) is 23.7 Å². The second-order valence-corrected chi connectivity index (χ2v) is 6.76. The van der Waals surface area contributed by atoms with E-state index in [-0.39, 0.29) is 24.0 Å². The van der Waals surface area contributed by atoms with Gasteiger partial charge in [0, 0.05) is 30.9 Å². The lowest BCUT2D eigenvalue weighted by molar-refractivity contribution is -0.137. The summed E-state index contributed by atoms with van der Waals surface area (Å²) in [4.78, 5) is 9.93. The quantitative estimate of drug-likeness (QED) is 0.288. The number of benzene rings is 1. The van der Waals surface area contributed by atoms with Crippen molar-refractivity contribution in [3.8, 4) is 0 Å². The Hall–Kier alpha value is -1.82. The summed E-state index contributed by atoms with van der Waals surface area (Å²) >= 11 is 1.57. The molecule has 0 radical (unpaired) electrons. The minimum absolute atomic E-state index is 0. The molecule has 0 saturated carbocycles. The molecule has 28 heavy (non-hydrogen) atoms. The van der Waals surface area contributed by atoms with E-state index in [0.717, 1.165) is 28.4 Å². The first-order valence-corrected chi connectivity index (χ1v) is 9.43. The summed E-state index contributed by atoms with van der Waals surface area (Å²) in [6, 6.07) is 5.23. The van der Waals surface area contributed by atoms with Crippen molar-refractivity contribution in [1.29, 1.82) is 0 Å². The Labute approximate surface area is 182 Å². The van der Waals surface area contributed by atoms with Gasteiger partial charge in [0.05, 0.1) is 17.8 Å². The average molecular weight is 523 g/mol. The molecule has 0 aliphatic heterocycles. The summed E-state index contributed by atoms with van der Waals surface area (Å²) in [5.41, 5.74) is 1.08. The van der Waals surface area contributed by atoms with Gasteiger partial charge in [-0.3, -0.25) is 4.40 Å². The molecule has 0 fully saturated rings. The number of alkyl halides is 3. The van der Waals surface area contributed by atoms with Gasteiger partial charge in [0.15, 0.2) is 10.9 Å². The number of hydrogen-bond acceptors (Lipinski definition) is 3. The lowest BCUT2D eigenvalue weighted by Crippen LogP contribution is -2.38. The van der Waals surface area contributed by atoms with E-state index in [4.69, 9.17) is 0 Å². The Morgan fingerprint density at radius 3 is 2.61 bits per heavy atom. The number of imidazole rings is 1. The fourth-order valence-electron chi connectivity index (χ4n) is 2.54. The highest BCUT2D eigenvalue weighted by Gasteiger charge is 2.29. The van der Waals surface area contributed by atoms with Crippen LogP contribution in [0.15, 0.2) is 47.0 Å². The second-order valence-electron chi connectivity index (χ2n) is 5.89. The fourth-order valence-corrected chi connectivity index (χ4v) is 3.26. The lowest BCUT2D eigenvalue weighted by Gasteiger charge is -2.11. The Morgan fingerprint density at radius 1 is 1.21 bits per heavy atom. The van der Waals surface area contributed by atoms with E-state index >= 15 is 0 Å². The summed E-state index contributed by atoms with van der Waals surface area (Å²) in [6.45, 7) is 3.70. The summed E-state index contributed by atoms with van der Waals surface area (Å²) in [7, 11) is 0. The van der Waals surface area contributed by atoms with E-state index < -0.39 is 11.7 Å². The van der Waals surface area contributed by atoms with Gasteiger partial charge in [-0.1, -0.05) is 12.1 Å². The van der Waals surface area contributed by atoms with Crippen LogP contribution in [0.25, 0.3) is 4.96 Å². The van der Waals surface area contributed by atoms with Gasteiger partial charge < -0.3 is 10.6 Å². The molecule has 0 aliphatic carbocycles. The first kappa shape index (κ1) is 22.5. The normalized spacial score (nSPS) is 12.1. The number of hydrogen-bond donors (Lipinski definition) is 2. The molecule has 0 spiro atoms. The third kappa shape index (κ3) is 6.09. The Kier molecular flexibility index (Phi) is 8.10. The van der Waals surface area contributed by atoms with Gasteiger partial charge in [-0.05, 0) is 31.0 Å². The number of aromatic nitrogens is 2. The smallest absolute Gasteiger partial charge is 0.357 e. The van der Waals surface area contributed by atoms with Crippen molar-refractivity contribution in [2.75, 3.05) is 13.1 Å². The highest BCUT2D eigenvalue weighted by Crippen LogP contribution is 2.29. The first-order valence-electron chi connectivity index (χ1n) is 8.55. The van der Waals surface area contributed by atoms with E-state index in [2.05, 4.69) is 20.6 Å². The maximum atomic E-state index is 12.6. The number of aliphatic imine (C=N–C) groups is 1. The van der Waals surface area contributed by atoms with Gasteiger partial charge in [-0.25, -0.2) is 9.98 Å². The van der Waals surface area contributed by atoms with Crippen molar-refractivity contribution in [2.24, 2.45) is 4.99 Å². The Bertz CT molecular complexity index is 873. The first-order chi connectivity index (χ1) is 13.0. The summed E-state index contributed by atoms with van der Waals surface area (Å²) in [5, 5.41) is 8.32. The average Bonchev–Trinajstić information content (AvgIpc) is 3.21. The molecule has 0 unspecified atom stereocenters. The monoisotopic (exact) mass is 523 g/mol. The second kappa shape index (κ2) is 10.1. The predicted molar refractivity (Wildman–Crippen MR) is 116 cm³/mol. The van der Waals surface area contributed by atoms with Crippen LogP contribution >= 0.6 is 35.3 Å². The van der Waals surface area contributed by atoms with Gasteiger partial charge in [-0.2, -0.15) is 13.2 Å². The third-order valence-electron chi connectivity index (χ3n) is 3.87. The molecule has 3 rings (SSSR count). The number of halogens is 4. The van der Waals surface area contributed by atoms with Crippen molar-refractivity contribution < 1.29 is 13.2 Å². The fraction of sp³-hybridized carbons (Fsp3) is 0.333. The lowest BCUT2D eigenvalue weighted by atomic mass is 10.1. The minimum atomic E-state index is -4.30. The largest absolute Gasteiger partial charge is 0.416 e. The topological polar surface area (TPSA) is 53.7 Å². The van der Waals surface area contributed by atoms with Crippen LogP contribution in [-0.2, 0) is 19.1 Å². The maximum absolute atomic E-state index is 12.6. The van der Waals surface area contributed by atoms with Gasteiger partial charge in [0.25, 0.3) is 0 Å². The summed E-state index contributed by atoms with van der Waals surface area (Å²) in [6.07, 6.45) is 0.195. The molecule has 0 saturated heterocycles. The highest BCUT2D eigenvalue weighted by molar-refractivity contribution is 14.0. The molecule has 0 amide bonds. The molecule has 0 bridgehead atoms. The number of guanidine groups is 1. The number of fused-ring (bicyclic) bond motifs is 1. The van der Waals surface area contributed by atoms with Gasteiger partial charge in [0.1, 0.15) is 0 Å². The molecular weight excluding hydrogens is 502 g/mol. The highest BCUT2D eigenvalue weighted by atomic mass is 127. The van der Waals surface area contributed by atoms with Gasteiger partial charge in [0.2, 0.25) is 0 Å². The SMILES string of the molecule is CCNC(=NCc1cn2ccsc2n1)NCCc1ccc(C(F)(F)F)cc1.I. The number of thiazole rings is 1. The molecule has 3 aromatic rings. The Balaban J connectivity index is 0.00000280. The van der Waals surface area contributed by atoms with Crippen LogP contribution in [0.3, 0.4) is 0 Å². The van der Waals surface area contributed by atoms with Crippen LogP contribution in [0.4, 0.5) is 13.2 Å². The zero-order chi connectivity index (χ0) is 19.3. The molecule has 10 heteroatoms. The number of nitrogens with one attached hydrogen (secondary N) is 2. The van der Waals surface area contributed by atoms with Gasteiger partial charge >= 0.3 is 6.18 Å². The van der Waals surface area contributed by atoms with E-state index in [9.17, 15) is 13.2 Å². The van der Waals surface area contributed by atoms with E-state index in [1.165, 1.54) is 12.1 Å². The van der Waals surface area contributed by atoms with Gasteiger partial charge in [-0.15, -0.1) is 35.3 Å². The van der Waals surface area contributed by atoms with Crippen molar-refractivity contribution in [1.82, 2.24) is 20.0 Å². The minimum Gasteiger partial charge on any atom is -0.357 e. The predicted octanol–water partition coefficient (Wildman–Crippen LogP) is 4.33. The van der Waals surface area contributed by atoms with E-state index in [1.54, 1.807) is 11.3 Å². The molecule has 0 aliphatic rings. The standard InChI is InChI=1S/C18H20F3N5S.HI/c1-2-22-16(24-11-15-12-26-9-10-27-17(26)25-15)23-8-7-13-3-5-14(6-4-13)18(19,20)21;/h3-6,9-10,12H,2,7-8,11H2,1H3,(H2,22,23,24);1H. The molecule has 152 valence electrons. The van der Waals surface area contributed by atoms with E-state index in [1.807, 2.05) is 29.1 Å². The molecule has 1 aromatic carbocycles. The van der Waals surface area contributed by atoms with Crippen molar-refractivity contribution in [2.45, 2.75) is 26.1 Å². The molecule has 2 N–H and O–H groups in total. The van der Waals surface area contributed by atoms with Crippen molar-refractivity contribution >= 4 is 46.2 Å². The summed E-state index contributed by atoms with van der Waals surface area (Å²) in [5.74, 6) is 0.653. The van der Waals surface area contributed by atoms with Crippen LogP contribution < -0.4 is 10.6 Å². The third-order valence-corrected chi connectivity index (χ3v) is 4.64. The molecular formula is C18H21F3IN5S. The number of rotatable bonds is 6. The Morgan fingerprint density at radius 2 is 1.96 bits per heavy atom. The van der Waals surface area contributed by atoms with Crippen LogP contribution in [-0.4, -0.2) is 28.4 Å². The zero-order valence-electron chi connectivity index (χ0n) is 15.2. The van der Waals surface area contributed by atoms with Crippen LogP contribution in [0.2, 0.25) is 0 Å². The van der Waals surface area contributed by atoms with Crippen molar-refractivity contribution in [3.63, 3.8) is 0 Å². The number of nitrogens with zero attached hydrogens (tertiary/aromatic N) is 3. The molecule has 2 aromatic heterocycles. The van der Waals surface area contributed by atoms with Crippen LogP contribution in [0, 0.1) is 0 Å². The molecule has 0 atom stereocenters. The molecule has 5 nitrogen and oxygen atoms in total. The zero-order valence-corrected chi connectivity index (χ0v) is 18.3. The summed E-state index contributed by atoms with van der Waals surface area (Å²) < 4.78 is 39.7. The van der Waals surface area contributed by atoms with Crippen molar-refractivity contribution in [3.05, 3.63) is 58.9 Å². The van der Waals surface area contributed by atoms with E-state index in [0.29, 0.717) is 32.0 Å². The van der Waals surface area contributed by atoms with Crippen LogP contribution in [0.5, 0.6) is 0 Å².